The maximum absolute atomic E-state index is 13.3. The first-order chi connectivity index (χ1) is 9.56. The fraction of sp³-hybridized carbons (Fsp3) is 0.133. The third-order valence-corrected chi connectivity index (χ3v) is 2.74. The lowest BCUT2D eigenvalue weighted by Crippen LogP contribution is -2.10. The van der Waals surface area contributed by atoms with E-state index in [-0.39, 0.29) is 12.0 Å². The van der Waals surface area contributed by atoms with Crippen LogP contribution in [0.1, 0.15) is 11.1 Å². The van der Waals surface area contributed by atoms with Crippen molar-refractivity contribution >= 4 is 11.7 Å². The number of hydrogen-bond donors (Lipinski definition) is 1. The number of ether oxygens (including phenoxy) is 1. The molecule has 0 saturated carbocycles. The van der Waals surface area contributed by atoms with Crippen molar-refractivity contribution in [3.8, 4) is 0 Å². The molecule has 0 aromatic heterocycles. The van der Waals surface area contributed by atoms with E-state index >= 15 is 0 Å². The van der Waals surface area contributed by atoms with Crippen molar-refractivity contribution in [1.29, 1.82) is 0 Å². The zero-order chi connectivity index (χ0) is 14.5. The van der Waals surface area contributed by atoms with Gasteiger partial charge in [-0.15, -0.1) is 0 Å². The fourth-order valence-electron chi connectivity index (χ4n) is 1.74. The molecule has 2 aromatic rings. The van der Waals surface area contributed by atoms with E-state index in [1.54, 1.807) is 24.3 Å². The molecule has 0 heterocycles. The van der Waals surface area contributed by atoms with Crippen molar-refractivity contribution in [2.75, 3.05) is 5.73 Å². The van der Waals surface area contributed by atoms with Crippen LogP contribution in [0.5, 0.6) is 0 Å². The maximum Gasteiger partial charge on any atom is 0.310 e. The van der Waals surface area contributed by atoms with Gasteiger partial charge < -0.3 is 10.5 Å². The van der Waals surface area contributed by atoms with E-state index in [0.717, 1.165) is 12.1 Å². The molecular weight excluding hydrogens is 264 g/mol. The summed E-state index contributed by atoms with van der Waals surface area (Å²) in [5, 5.41) is 0. The lowest BCUT2D eigenvalue weighted by molar-refractivity contribution is -0.144. The first-order valence-electron chi connectivity index (χ1n) is 5.99. The lowest BCUT2D eigenvalue weighted by atomic mass is 10.1. The van der Waals surface area contributed by atoms with Gasteiger partial charge in [-0.25, -0.2) is 8.78 Å². The van der Waals surface area contributed by atoms with Gasteiger partial charge in [0.15, 0.2) is 0 Å². The van der Waals surface area contributed by atoms with Crippen LogP contribution in [0.15, 0.2) is 42.5 Å². The zero-order valence-corrected chi connectivity index (χ0v) is 10.6. The summed E-state index contributed by atoms with van der Waals surface area (Å²) in [6, 6.07) is 10.3. The first kappa shape index (κ1) is 14.0. The van der Waals surface area contributed by atoms with E-state index < -0.39 is 24.2 Å². The van der Waals surface area contributed by atoms with Gasteiger partial charge in [0.25, 0.3) is 0 Å². The van der Waals surface area contributed by atoms with Gasteiger partial charge in [-0.2, -0.15) is 0 Å². The molecule has 2 N–H and O–H groups in total. The van der Waals surface area contributed by atoms with Crippen LogP contribution < -0.4 is 5.73 Å². The highest BCUT2D eigenvalue weighted by Gasteiger charge is 2.11. The van der Waals surface area contributed by atoms with Crippen LogP contribution in [-0.2, 0) is 22.6 Å². The second kappa shape index (κ2) is 6.14. The molecule has 0 atom stereocenters. The molecule has 20 heavy (non-hydrogen) atoms. The summed E-state index contributed by atoms with van der Waals surface area (Å²) in [5.41, 5.74) is 6.55. The monoisotopic (exact) mass is 277 g/mol. The predicted octanol–water partition coefficient (Wildman–Crippen LogP) is 2.83. The molecule has 2 aromatic carbocycles. The summed E-state index contributed by atoms with van der Waals surface area (Å²) >= 11 is 0. The second-order valence-corrected chi connectivity index (χ2v) is 4.28. The average Bonchev–Trinajstić information content (AvgIpc) is 2.38. The molecule has 0 radical (unpaired) electrons. The molecule has 0 amide bonds. The highest BCUT2D eigenvalue weighted by Crippen LogP contribution is 2.14. The van der Waals surface area contributed by atoms with Crippen molar-refractivity contribution in [2.45, 2.75) is 13.0 Å². The van der Waals surface area contributed by atoms with Crippen LogP contribution in [0, 0.1) is 11.6 Å². The van der Waals surface area contributed by atoms with E-state index in [4.69, 9.17) is 10.5 Å². The number of hydrogen-bond acceptors (Lipinski definition) is 3. The minimum absolute atomic E-state index is 0.00110. The van der Waals surface area contributed by atoms with Crippen LogP contribution in [-0.4, -0.2) is 5.97 Å². The molecule has 0 bridgehead atoms. The van der Waals surface area contributed by atoms with E-state index in [1.165, 1.54) is 6.07 Å². The van der Waals surface area contributed by atoms with Gasteiger partial charge in [-0.1, -0.05) is 18.2 Å². The van der Waals surface area contributed by atoms with Crippen molar-refractivity contribution in [3.63, 3.8) is 0 Å². The second-order valence-electron chi connectivity index (χ2n) is 4.28. The van der Waals surface area contributed by atoms with Gasteiger partial charge in [-0.3, -0.25) is 4.79 Å². The van der Waals surface area contributed by atoms with Gasteiger partial charge in [0.05, 0.1) is 12.0 Å². The molecule has 0 spiro atoms. The Morgan fingerprint density at radius 2 is 1.75 bits per heavy atom. The van der Waals surface area contributed by atoms with E-state index in [2.05, 4.69) is 0 Å². The van der Waals surface area contributed by atoms with Crippen molar-refractivity contribution < 1.29 is 18.3 Å². The lowest BCUT2D eigenvalue weighted by Gasteiger charge is -2.07. The molecule has 2 rings (SSSR count). The Morgan fingerprint density at radius 1 is 1.10 bits per heavy atom. The number of halogens is 2. The number of carbonyl (C=O) groups excluding carboxylic acids is 1. The smallest absolute Gasteiger partial charge is 0.310 e. The van der Waals surface area contributed by atoms with Crippen LogP contribution in [0.2, 0.25) is 0 Å². The Morgan fingerprint density at radius 3 is 2.40 bits per heavy atom. The third-order valence-electron chi connectivity index (χ3n) is 2.74. The summed E-state index contributed by atoms with van der Waals surface area (Å²) in [6.07, 6.45) is 0.00110. The van der Waals surface area contributed by atoms with Gasteiger partial charge in [0.2, 0.25) is 0 Å². The van der Waals surface area contributed by atoms with Crippen LogP contribution in [0.25, 0.3) is 0 Å². The summed E-state index contributed by atoms with van der Waals surface area (Å²) in [4.78, 5) is 11.6. The Balaban J connectivity index is 1.96. The number of nitrogen functional groups attached to an aromatic ring is 1. The van der Waals surface area contributed by atoms with E-state index in [1.807, 2.05) is 0 Å². The van der Waals surface area contributed by atoms with Crippen LogP contribution in [0.3, 0.4) is 0 Å². The van der Waals surface area contributed by atoms with Gasteiger partial charge >= 0.3 is 5.97 Å². The molecule has 0 saturated heterocycles. The molecule has 0 aliphatic heterocycles. The topological polar surface area (TPSA) is 52.3 Å². The Bertz CT molecular complexity index is 609. The number of rotatable bonds is 4. The van der Waals surface area contributed by atoms with Crippen molar-refractivity contribution in [3.05, 3.63) is 65.2 Å². The summed E-state index contributed by atoms with van der Waals surface area (Å²) < 4.78 is 31.5. The quantitative estimate of drug-likeness (QED) is 0.690. The van der Waals surface area contributed by atoms with Crippen LogP contribution >= 0.6 is 0 Å². The number of esters is 1. The summed E-state index contributed by atoms with van der Waals surface area (Å²) in [5.74, 6) is -2.04. The van der Waals surface area contributed by atoms with Gasteiger partial charge in [-0.05, 0) is 29.8 Å². The molecular formula is C15H13F2NO2. The normalized spacial score (nSPS) is 10.3. The minimum atomic E-state index is -0.734. The standard InChI is InChI=1S/C15H13F2NO2/c16-13-5-2-6-14(17)12(13)9-20-15(19)8-10-3-1-4-11(18)7-10/h1-7H,8-9,18H2. The maximum atomic E-state index is 13.3. The van der Waals surface area contributed by atoms with E-state index in [9.17, 15) is 13.6 Å². The SMILES string of the molecule is Nc1cccc(CC(=O)OCc2c(F)cccc2F)c1. The zero-order valence-electron chi connectivity index (χ0n) is 10.6. The molecule has 0 aliphatic carbocycles. The molecule has 0 unspecified atom stereocenters. The minimum Gasteiger partial charge on any atom is -0.460 e. The van der Waals surface area contributed by atoms with E-state index in [0.29, 0.717) is 11.3 Å². The van der Waals surface area contributed by atoms with Crippen LogP contribution in [0.4, 0.5) is 14.5 Å². The largest absolute Gasteiger partial charge is 0.460 e. The predicted molar refractivity (Wildman–Crippen MR) is 70.7 cm³/mol. The Labute approximate surface area is 115 Å². The molecule has 0 aliphatic rings. The molecule has 0 fully saturated rings. The van der Waals surface area contributed by atoms with Gasteiger partial charge in [0.1, 0.15) is 18.2 Å². The number of nitrogens with two attached hydrogens (primary N) is 1. The first-order valence-corrected chi connectivity index (χ1v) is 5.99. The molecule has 104 valence electrons. The van der Waals surface area contributed by atoms with Crippen molar-refractivity contribution in [2.24, 2.45) is 0 Å². The number of benzene rings is 2. The average molecular weight is 277 g/mol. The van der Waals surface area contributed by atoms with Crippen molar-refractivity contribution in [1.82, 2.24) is 0 Å². The fourth-order valence-corrected chi connectivity index (χ4v) is 1.74. The highest BCUT2D eigenvalue weighted by atomic mass is 19.1. The summed E-state index contributed by atoms with van der Waals surface area (Å²) in [6.45, 7) is -0.431. The van der Waals surface area contributed by atoms with Gasteiger partial charge in [0, 0.05) is 5.69 Å². The third kappa shape index (κ3) is 3.54. The number of carbonyl (C=O) groups is 1. The number of anilines is 1. The Hall–Kier alpha value is -2.43. The molecule has 3 nitrogen and oxygen atoms in total. The molecule has 5 heteroatoms. The highest BCUT2D eigenvalue weighted by molar-refractivity contribution is 5.73. The Kier molecular flexibility index (Phi) is 4.30. The summed E-state index contributed by atoms with van der Waals surface area (Å²) in [7, 11) is 0.